The Balaban J connectivity index is 1.56. The van der Waals surface area contributed by atoms with Gasteiger partial charge in [-0.05, 0) is 34.2 Å². The van der Waals surface area contributed by atoms with Gasteiger partial charge in [0.25, 0.3) is 0 Å². The summed E-state index contributed by atoms with van der Waals surface area (Å²) in [6, 6.07) is 5.92. The minimum absolute atomic E-state index is 0.224. The molecular weight excluding hydrogens is 381 g/mol. The maximum Gasteiger partial charge on any atom is 0.381 e. The van der Waals surface area contributed by atoms with Crippen LogP contribution in [-0.2, 0) is 6.54 Å². The number of aromatic nitrogens is 8. The Labute approximate surface area is 161 Å². The molecular formula is C17H12FN9O2. The van der Waals surface area contributed by atoms with E-state index in [1.54, 1.807) is 34.5 Å². The quantitative estimate of drug-likeness (QED) is 0.338. The highest BCUT2D eigenvalue weighted by atomic mass is 19.1. The van der Waals surface area contributed by atoms with Crippen molar-refractivity contribution >= 4 is 22.5 Å². The third kappa shape index (κ3) is 2.77. The number of fused-ring (bicyclic) bond motifs is 3. The molecule has 0 atom stereocenters. The van der Waals surface area contributed by atoms with Crippen LogP contribution in [0.2, 0.25) is 0 Å². The molecule has 0 spiro atoms. The van der Waals surface area contributed by atoms with Crippen molar-refractivity contribution in [1.82, 2.24) is 38.9 Å². The number of hydrogen-bond donors (Lipinski definition) is 0. The summed E-state index contributed by atoms with van der Waals surface area (Å²) in [7, 11) is 0. The normalized spacial score (nSPS) is 11.5. The second kappa shape index (κ2) is 6.15. The molecule has 0 saturated carbocycles. The lowest BCUT2D eigenvalue weighted by Crippen LogP contribution is -2.02. The molecule has 0 saturated heterocycles. The van der Waals surface area contributed by atoms with E-state index in [0.717, 1.165) is 0 Å². The molecule has 0 aliphatic rings. The average molecular weight is 393 g/mol. The predicted molar refractivity (Wildman–Crippen MR) is 98.1 cm³/mol. The van der Waals surface area contributed by atoms with E-state index in [1.165, 1.54) is 29.2 Å². The minimum Gasteiger partial charge on any atom is -0.358 e. The van der Waals surface area contributed by atoms with Crippen molar-refractivity contribution in [3.8, 4) is 5.69 Å². The first kappa shape index (κ1) is 16.9. The summed E-state index contributed by atoms with van der Waals surface area (Å²) in [4.78, 5) is 23.2. The number of nitro groups is 1. The molecule has 0 bridgehead atoms. The fraction of sp³-hybridized carbons (Fsp3) is 0.118. The SMILES string of the molecule is Cc1nc([N+](=O)[O-])cn1Cc1nc2c3cnn(-c4ccc(F)cc4)c3ncn2n1. The van der Waals surface area contributed by atoms with Gasteiger partial charge >= 0.3 is 5.82 Å². The molecule has 144 valence electrons. The second-order valence-corrected chi connectivity index (χ2v) is 6.34. The van der Waals surface area contributed by atoms with Gasteiger partial charge < -0.3 is 14.7 Å². The molecule has 1 aromatic carbocycles. The van der Waals surface area contributed by atoms with Gasteiger partial charge in [-0.2, -0.15) is 5.10 Å². The number of aryl methyl sites for hydroxylation is 1. The summed E-state index contributed by atoms with van der Waals surface area (Å²) < 4.78 is 17.9. The predicted octanol–water partition coefficient (Wildman–Crippen LogP) is 2.06. The van der Waals surface area contributed by atoms with Crippen LogP contribution in [0.25, 0.3) is 22.4 Å². The summed E-state index contributed by atoms with van der Waals surface area (Å²) in [5.41, 5.74) is 1.77. The molecule has 0 radical (unpaired) electrons. The smallest absolute Gasteiger partial charge is 0.358 e. The van der Waals surface area contributed by atoms with Gasteiger partial charge in [0.05, 0.1) is 23.8 Å². The Morgan fingerprint density at radius 1 is 1.17 bits per heavy atom. The van der Waals surface area contributed by atoms with Gasteiger partial charge in [0.15, 0.2) is 17.1 Å². The lowest BCUT2D eigenvalue weighted by molar-refractivity contribution is -0.389. The van der Waals surface area contributed by atoms with Crippen LogP contribution < -0.4 is 0 Å². The van der Waals surface area contributed by atoms with Crippen molar-refractivity contribution in [2.45, 2.75) is 13.5 Å². The molecule has 0 aliphatic heterocycles. The van der Waals surface area contributed by atoms with E-state index < -0.39 is 4.92 Å². The monoisotopic (exact) mass is 393 g/mol. The van der Waals surface area contributed by atoms with Crippen LogP contribution >= 0.6 is 0 Å². The van der Waals surface area contributed by atoms with E-state index >= 15 is 0 Å². The van der Waals surface area contributed by atoms with Crippen LogP contribution in [0.5, 0.6) is 0 Å². The van der Waals surface area contributed by atoms with Crippen molar-refractivity contribution in [3.63, 3.8) is 0 Å². The Hall–Kier alpha value is -4.22. The fourth-order valence-electron chi connectivity index (χ4n) is 3.10. The number of rotatable bonds is 4. The number of benzene rings is 1. The molecule has 4 heterocycles. The van der Waals surface area contributed by atoms with Gasteiger partial charge in [-0.1, -0.05) is 0 Å². The first-order chi connectivity index (χ1) is 14.0. The van der Waals surface area contributed by atoms with Gasteiger partial charge in [-0.15, -0.1) is 5.10 Å². The maximum absolute atomic E-state index is 13.2. The average Bonchev–Trinajstić information content (AvgIpc) is 3.39. The Morgan fingerprint density at radius 2 is 1.97 bits per heavy atom. The summed E-state index contributed by atoms with van der Waals surface area (Å²) >= 11 is 0. The van der Waals surface area contributed by atoms with Gasteiger partial charge in [-0.25, -0.2) is 23.6 Å². The molecule has 0 amide bonds. The Kier molecular flexibility index (Phi) is 3.59. The van der Waals surface area contributed by atoms with E-state index in [-0.39, 0.29) is 18.2 Å². The van der Waals surface area contributed by atoms with Gasteiger partial charge in [-0.3, -0.25) is 0 Å². The van der Waals surface area contributed by atoms with Crippen LogP contribution in [0.4, 0.5) is 10.2 Å². The number of nitrogens with zero attached hydrogens (tertiary/aromatic N) is 9. The molecule has 11 nitrogen and oxygen atoms in total. The molecule has 5 rings (SSSR count). The molecule has 0 unspecified atom stereocenters. The van der Waals surface area contributed by atoms with E-state index in [4.69, 9.17) is 0 Å². The lowest BCUT2D eigenvalue weighted by atomic mass is 10.3. The van der Waals surface area contributed by atoms with Crippen LogP contribution in [-0.4, -0.2) is 43.8 Å². The van der Waals surface area contributed by atoms with Crippen molar-refractivity contribution < 1.29 is 9.31 Å². The summed E-state index contributed by atoms with van der Waals surface area (Å²) in [6.45, 7) is 1.90. The zero-order chi connectivity index (χ0) is 20.1. The Morgan fingerprint density at radius 3 is 2.69 bits per heavy atom. The highest BCUT2D eigenvalue weighted by Crippen LogP contribution is 2.20. The minimum atomic E-state index is -0.544. The van der Waals surface area contributed by atoms with Crippen molar-refractivity contribution in [2.24, 2.45) is 0 Å². The zero-order valence-electron chi connectivity index (χ0n) is 15.0. The summed E-state index contributed by atoms with van der Waals surface area (Å²) in [6.07, 6.45) is 4.48. The molecule has 12 heteroatoms. The lowest BCUT2D eigenvalue weighted by Gasteiger charge is -2.02. The standard InChI is InChI=1S/C17H12FN9O2/c1-10-21-15(27(28)29)8-24(10)7-14-22-17-13-6-20-26(12-4-2-11(18)3-5-12)16(13)19-9-25(17)23-14/h2-6,8-9H,7H2,1H3. The molecule has 29 heavy (non-hydrogen) atoms. The zero-order valence-corrected chi connectivity index (χ0v) is 15.0. The van der Waals surface area contributed by atoms with Crippen LogP contribution in [0, 0.1) is 22.9 Å². The highest BCUT2D eigenvalue weighted by Gasteiger charge is 2.18. The van der Waals surface area contributed by atoms with E-state index in [2.05, 4.69) is 25.1 Å². The van der Waals surface area contributed by atoms with Gasteiger partial charge in [0.1, 0.15) is 18.3 Å². The third-order valence-electron chi connectivity index (χ3n) is 4.48. The number of hydrogen-bond acceptors (Lipinski definition) is 7. The largest absolute Gasteiger partial charge is 0.381 e. The highest BCUT2D eigenvalue weighted by molar-refractivity contribution is 5.89. The maximum atomic E-state index is 13.2. The second-order valence-electron chi connectivity index (χ2n) is 6.34. The first-order valence-corrected chi connectivity index (χ1v) is 8.52. The number of halogens is 1. The molecule has 0 aliphatic carbocycles. The molecule has 4 aromatic heterocycles. The van der Waals surface area contributed by atoms with Gasteiger partial charge in [0, 0.05) is 6.92 Å². The summed E-state index contributed by atoms with van der Waals surface area (Å²) in [5.74, 6) is 0.376. The topological polar surface area (TPSA) is 122 Å². The molecule has 5 aromatic rings. The third-order valence-corrected chi connectivity index (χ3v) is 4.48. The van der Waals surface area contributed by atoms with E-state index in [1.807, 2.05) is 0 Å². The van der Waals surface area contributed by atoms with E-state index in [0.29, 0.717) is 34.0 Å². The molecule has 0 fully saturated rings. The van der Waals surface area contributed by atoms with Crippen molar-refractivity contribution in [3.05, 3.63) is 70.6 Å². The van der Waals surface area contributed by atoms with Gasteiger partial charge in [0.2, 0.25) is 5.82 Å². The van der Waals surface area contributed by atoms with Crippen molar-refractivity contribution in [1.29, 1.82) is 0 Å². The van der Waals surface area contributed by atoms with Crippen LogP contribution in [0.3, 0.4) is 0 Å². The Bertz CT molecular complexity index is 1380. The van der Waals surface area contributed by atoms with Crippen LogP contribution in [0.15, 0.2) is 43.0 Å². The summed E-state index contributed by atoms with van der Waals surface area (Å²) in [5, 5.41) is 20.3. The van der Waals surface area contributed by atoms with Crippen molar-refractivity contribution in [2.75, 3.05) is 0 Å². The number of imidazole rings is 1. The first-order valence-electron chi connectivity index (χ1n) is 8.52. The van der Waals surface area contributed by atoms with Crippen LogP contribution in [0.1, 0.15) is 11.6 Å². The van der Waals surface area contributed by atoms with E-state index in [9.17, 15) is 14.5 Å². The fourth-order valence-corrected chi connectivity index (χ4v) is 3.10. The molecule has 0 N–H and O–H groups in total.